The van der Waals surface area contributed by atoms with Gasteiger partial charge in [0.2, 0.25) is 5.91 Å². The van der Waals surface area contributed by atoms with E-state index in [9.17, 15) is 14.7 Å². The Morgan fingerprint density at radius 2 is 2.15 bits per heavy atom. The average molecular weight is 284 g/mol. The molecule has 0 aromatic carbocycles. The van der Waals surface area contributed by atoms with Crippen molar-refractivity contribution < 1.29 is 14.7 Å². The lowest BCUT2D eigenvalue weighted by atomic mass is 9.76. The molecular formula is C15H28N2O3. The molecule has 0 aromatic rings. The number of nitrogens with zero attached hydrogens (tertiary/aromatic N) is 1. The van der Waals surface area contributed by atoms with Crippen LogP contribution in [0.1, 0.15) is 58.8 Å². The Morgan fingerprint density at radius 3 is 2.70 bits per heavy atom. The van der Waals surface area contributed by atoms with Gasteiger partial charge in [0.05, 0.1) is 5.41 Å². The molecule has 5 heteroatoms. The molecule has 1 heterocycles. The van der Waals surface area contributed by atoms with E-state index in [-0.39, 0.29) is 11.9 Å². The van der Waals surface area contributed by atoms with Crippen molar-refractivity contribution in [3.05, 3.63) is 0 Å². The fourth-order valence-corrected chi connectivity index (χ4v) is 3.04. The molecule has 1 aliphatic rings. The third kappa shape index (κ3) is 4.47. The van der Waals surface area contributed by atoms with Gasteiger partial charge in [0.1, 0.15) is 0 Å². The summed E-state index contributed by atoms with van der Waals surface area (Å²) in [7, 11) is 0. The lowest BCUT2D eigenvalue weighted by Gasteiger charge is -2.40. The van der Waals surface area contributed by atoms with Crippen molar-refractivity contribution in [2.75, 3.05) is 13.1 Å². The van der Waals surface area contributed by atoms with Gasteiger partial charge >= 0.3 is 5.97 Å². The Kier molecular flexibility index (Phi) is 6.46. The highest BCUT2D eigenvalue weighted by Crippen LogP contribution is 2.35. The predicted molar refractivity (Wildman–Crippen MR) is 78.3 cm³/mol. The van der Waals surface area contributed by atoms with E-state index in [2.05, 4.69) is 0 Å². The lowest BCUT2D eigenvalue weighted by molar-refractivity contribution is -0.155. The highest BCUT2D eigenvalue weighted by Gasteiger charge is 2.42. The van der Waals surface area contributed by atoms with Crippen LogP contribution in [0, 0.1) is 5.41 Å². The van der Waals surface area contributed by atoms with Crippen LogP contribution in [0.25, 0.3) is 0 Å². The SMILES string of the molecule is CCCC1(C(=O)O)CCCN(C(=O)CCCC(C)N)C1. The van der Waals surface area contributed by atoms with E-state index < -0.39 is 11.4 Å². The van der Waals surface area contributed by atoms with E-state index in [4.69, 9.17) is 5.73 Å². The topological polar surface area (TPSA) is 83.6 Å². The normalized spacial score (nSPS) is 24.4. The molecule has 1 fully saturated rings. The van der Waals surface area contributed by atoms with E-state index >= 15 is 0 Å². The number of aliphatic carboxylic acids is 1. The van der Waals surface area contributed by atoms with Crippen molar-refractivity contribution in [2.24, 2.45) is 11.1 Å². The number of rotatable bonds is 7. The molecule has 2 unspecified atom stereocenters. The summed E-state index contributed by atoms with van der Waals surface area (Å²) in [6.07, 6.45) is 5.03. The van der Waals surface area contributed by atoms with E-state index in [0.717, 1.165) is 25.7 Å². The number of piperidine rings is 1. The van der Waals surface area contributed by atoms with Crippen LogP contribution in [0.2, 0.25) is 0 Å². The Bertz CT molecular complexity index is 340. The highest BCUT2D eigenvalue weighted by atomic mass is 16.4. The molecule has 1 amide bonds. The summed E-state index contributed by atoms with van der Waals surface area (Å²) in [5, 5.41) is 9.51. The van der Waals surface area contributed by atoms with Crippen LogP contribution in [0.15, 0.2) is 0 Å². The zero-order chi connectivity index (χ0) is 15.2. The number of nitrogens with two attached hydrogens (primary N) is 1. The summed E-state index contributed by atoms with van der Waals surface area (Å²) in [6.45, 7) is 4.99. The zero-order valence-corrected chi connectivity index (χ0v) is 12.7. The Hall–Kier alpha value is -1.10. The number of hydrogen-bond acceptors (Lipinski definition) is 3. The molecule has 0 radical (unpaired) electrons. The van der Waals surface area contributed by atoms with Gasteiger partial charge in [0.15, 0.2) is 0 Å². The molecule has 1 aliphatic heterocycles. The summed E-state index contributed by atoms with van der Waals surface area (Å²) in [5.74, 6) is -0.681. The van der Waals surface area contributed by atoms with Gasteiger partial charge in [-0.05, 0) is 39.0 Å². The van der Waals surface area contributed by atoms with Crippen molar-refractivity contribution in [1.29, 1.82) is 0 Å². The zero-order valence-electron chi connectivity index (χ0n) is 12.7. The molecule has 116 valence electrons. The number of carboxylic acid groups (broad SMARTS) is 1. The number of carbonyl (C=O) groups excluding carboxylic acids is 1. The second kappa shape index (κ2) is 7.62. The van der Waals surface area contributed by atoms with E-state index in [1.807, 2.05) is 13.8 Å². The predicted octanol–water partition coefficient (Wildman–Crippen LogP) is 2.00. The van der Waals surface area contributed by atoms with Crippen LogP contribution in [-0.4, -0.2) is 41.0 Å². The van der Waals surface area contributed by atoms with E-state index in [1.54, 1.807) is 4.90 Å². The molecule has 5 nitrogen and oxygen atoms in total. The highest BCUT2D eigenvalue weighted by molar-refractivity contribution is 5.79. The first-order valence-electron chi connectivity index (χ1n) is 7.68. The molecule has 0 bridgehead atoms. The van der Waals surface area contributed by atoms with Crippen LogP contribution in [-0.2, 0) is 9.59 Å². The summed E-state index contributed by atoms with van der Waals surface area (Å²) >= 11 is 0. The quantitative estimate of drug-likeness (QED) is 0.749. The molecule has 0 aliphatic carbocycles. The second-order valence-corrected chi connectivity index (χ2v) is 6.12. The van der Waals surface area contributed by atoms with Crippen LogP contribution >= 0.6 is 0 Å². The molecule has 2 atom stereocenters. The third-order valence-electron chi connectivity index (χ3n) is 4.16. The minimum absolute atomic E-state index is 0.0760. The summed E-state index contributed by atoms with van der Waals surface area (Å²) < 4.78 is 0. The monoisotopic (exact) mass is 284 g/mol. The minimum atomic E-state index is -0.757. The molecule has 3 N–H and O–H groups in total. The molecule has 0 spiro atoms. The van der Waals surface area contributed by atoms with Crippen LogP contribution in [0.3, 0.4) is 0 Å². The molecule has 0 saturated carbocycles. The molecule has 0 aromatic heterocycles. The molecular weight excluding hydrogens is 256 g/mol. The standard InChI is InChI=1S/C15H28N2O3/c1-3-8-15(14(19)20)9-5-10-17(11-15)13(18)7-4-6-12(2)16/h12H,3-11,16H2,1-2H3,(H,19,20). The van der Waals surface area contributed by atoms with Crippen molar-refractivity contribution in [3.63, 3.8) is 0 Å². The summed E-state index contributed by atoms with van der Waals surface area (Å²) in [6, 6.07) is 0.113. The minimum Gasteiger partial charge on any atom is -0.481 e. The first kappa shape index (κ1) is 17.0. The van der Waals surface area contributed by atoms with Gasteiger partial charge in [-0.3, -0.25) is 9.59 Å². The summed E-state index contributed by atoms with van der Waals surface area (Å²) in [5.41, 5.74) is 4.94. The second-order valence-electron chi connectivity index (χ2n) is 6.12. The number of amides is 1. The molecule has 1 rings (SSSR count). The van der Waals surface area contributed by atoms with Crippen molar-refractivity contribution >= 4 is 11.9 Å². The summed E-state index contributed by atoms with van der Waals surface area (Å²) in [4.78, 5) is 25.5. The maximum Gasteiger partial charge on any atom is 0.311 e. The number of carboxylic acids is 1. The lowest BCUT2D eigenvalue weighted by Crippen LogP contribution is -2.49. The Labute approximate surface area is 121 Å². The average Bonchev–Trinajstić information content (AvgIpc) is 2.38. The van der Waals surface area contributed by atoms with Crippen molar-refractivity contribution in [1.82, 2.24) is 4.90 Å². The number of hydrogen-bond donors (Lipinski definition) is 2. The number of likely N-dealkylation sites (tertiary alicyclic amines) is 1. The van der Waals surface area contributed by atoms with Crippen LogP contribution < -0.4 is 5.73 Å². The fourth-order valence-electron chi connectivity index (χ4n) is 3.04. The number of carbonyl (C=O) groups is 2. The Morgan fingerprint density at radius 1 is 1.45 bits per heavy atom. The van der Waals surface area contributed by atoms with E-state index in [1.165, 1.54) is 0 Å². The smallest absolute Gasteiger partial charge is 0.311 e. The van der Waals surface area contributed by atoms with E-state index in [0.29, 0.717) is 32.4 Å². The maximum atomic E-state index is 12.2. The van der Waals surface area contributed by atoms with Crippen molar-refractivity contribution in [2.45, 2.75) is 64.8 Å². The third-order valence-corrected chi connectivity index (χ3v) is 4.16. The first-order valence-corrected chi connectivity index (χ1v) is 7.68. The fraction of sp³-hybridized carbons (Fsp3) is 0.867. The van der Waals surface area contributed by atoms with Gasteiger partial charge in [-0.15, -0.1) is 0 Å². The van der Waals surface area contributed by atoms with Crippen LogP contribution in [0.5, 0.6) is 0 Å². The van der Waals surface area contributed by atoms with Gasteiger partial charge in [-0.2, -0.15) is 0 Å². The van der Waals surface area contributed by atoms with Gasteiger partial charge in [0, 0.05) is 25.6 Å². The maximum absolute atomic E-state index is 12.2. The largest absolute Gasteiger partial charge is 0.481 e. The van der Waals surface area contributed by atoms with Crippen molar-refractivity contribution in [3.8, 4) is 0 Å². The molecule has 1 saturated heterocycles. The van der Waals surface area contributed by atoms with Gasteiger partial charge < -0.3 is 15.7 Å². The molecule has 20 heavy (non-hydrogen) atoms. The first-order chi connectivity index (χ1) is 9.41. The Balaban J connectivity index is 2.58. The van der Waals surface area contributed by atoms with Gasteiger partial charge in [0.25, 0.3) is 0 Å². The van der Waals surface area contributed by atoms with Gasteiger partial charge in [-0.1, -0.05) is 13.3 Å². The van der Waals surface area contributed by atoms with Crippen LogP contribution in [0.4, 0.5) is 0 Å². The van der Waals surface area contributed by atoms with Gasteiger partial charge in [-0.25, -0.2) is 0 Å².